The van der Waals surface area contributed by atoms with Gasteiger partial charge in [0, 0.05) is 19.7 Å². The van der Waals surface area contributed by atoms with E-state index in [1.54, 1.807) is 0 Å². The summed E-state index contributed by atoms with van der Waals surface area (Å²) in [7, 11) is 1.53. The summed E-state index contributed by atoms with van der Waals surface area (Å²) in [5, 5.41) is 6.19. The first-order valence-electron chi connectivity index (χ1n) is 4.82. The molecule has 2 N–H and O–H groups in total. The summed E-state index contributed by atoms with van der Waals surface area (Å²) in [6, 6.07) is 0.600. The maximum atomic E-state index is 11.0. The van der Waals surface area contributed by atoms with Gasteiger partial charge in [-0.2, -0.15) is 0 Å². The van der Waals surface area contributed by atoms with Gasteiger partial charge in [0.25, 0.3) is 0 Å². The van der Waals surface area contributed by atoms with Crippen molar-refractivity contribution in [2.75, 3.05) is 26.8 Å². The highest BCUT2D eigenvalue weighted by atomic mass is 16.5. The van der Waals surface area contributed by atoms with Crippen LogP contribution in [-0.2, 0) is 9.53 Å². The van der Waals surface area contributed by atoms with Gasteiger partial charge in [0.05, 0.1) is 0 Å². The van der Waals surface area contributed by atoms with Crippen LogP contribution in [0.1, 0.15) is 19.3 Å². The lowest BCUT2D eigenvalue weighted by Gasteiger charge is -2.10. The van der Waals surface area contributed by atoms with Crippen molar-refractivity contribution in [3.8, 4) is 0 Å². The van der Waals surface area contributed by atoms with E-state index >= 15 is 0 Å². The van der Waals surface area contributed by atoms with Crippen molar-refractivity contribution in [1.82, 2.24) is 10.6 Å². The standard InChI is InChI=1S/C9H18N2O2/c1-13-7-9(12)11-6-4-8-3-2-5-10-8/h8,10H,2-7H2,1H3,(H,11,12)/t8-/m1/s1. The number of methoxy groups -OCH3 is 1. The second-order valence-corrected chi connectivity index (χ2v) is 3.36. The van der Waals surface area contributed by atoms with E-state index in [2.05, 4.69) is 10.6 Å². The van der Waals surface area contributed by atoms with Crippen molar-refractivity contribution in [1.29, 1.82) is 0 Å². The number of nitrogens with one attached hydrogen (secondary N) is 2. The van der Waals surface area contributed by atoms with Gasteiger partial charge in [0.15, 0.2) is 0 Å². The second-order valence-electron chi connectivity index (χ2n) is 3.36. The molecule has 0 saturated carbocycles. The molecule has 0 radical (unpaired) electrons. The van der Waals surface area contributed by atoms with Gasteiger partial charge < -0.3 is 15.4 Å². The molecular weight excluding hydrogens is 168 g/mol. The first-order chi connectivity index (χ1) is 6.33. The maximum absolute atomic E-state index is 11.0. The molecule has 1 saturated heterocycles. The number of amides is 1. The monoisotopic (exact) mass is 186 g/mol. The molecular formula is C9H18N2O2. The van der Waals surface area contributed by atoms with Crippen LogP contribution in [0.3, 0.4) is 0 Å². The molecule has 76 valence electrons. The third kappa shape index (κ3) is 4.24. The van der Waals surface area contributed by atoms with Crippen LogP contribution >= 0.6 is 0 Å². The molecule has 1 fully saturated rings. The molecule has 1 heterocycles. The Morgan fingerprint density at radius 2 is 2.54 bits per heavy atom. The molecule has 0 aromatic rings. The van der Waals surface area contributed by atoms with Crippen LogP contribution in [0.2, 0.25) is 0 Å². The SMILES string of the molecule is COCC(=O)NCC[C@H]1CCCN1. The smallest absolute Gasteiger partial charge is 0.245 e. The van der Waals surface area contributed by atoms with E-state index in [4.69, 9.17) is 4.74 Å². The van der Waals surface area contributed by atoms with Gasteiger partial charge in [0.1, 0.15) is 6.61 Å². The lowest BCUT2D eigenvalue weighted by Crippen LogP contribution is -2.32. The van der Waals surface area contributed by atoms with Gasteiger partial charge >= 0.3 is 0 Å². The molecule has 0 aromatic heterocycles. The summed E-state index contributed by atoms with van der Waals surface area (Å²) in [5.41, 5.74) is 0. The van der Waals surface area contributed by atoms with Crippen molar-refractivity contribution in [3.63, 3.8) is 0 Å². The molecule has 0 aromatic carbocycles. The van der Waals surface area contributed by atoms with E-state index in [0.29, 0.717) is 6.04 Å². The van der Waals surface area contributed by atoms with Crippen LogP contribution in [0, 0.1) is 0 Å². The zero-order chi connectivity index (χ0) is 9.52. The van der Waals surface area contributed by atoms with Crippen molar-refractivity contribution in [2.45, 2.75) is 25.3 Å². The number of rotatable bonds is 5. The van der Waals surface area contributed by atoms with E-state index < -0.39 is 0 Å². The minimum absolute atomic E-state index is 0.0273. The molecule has 0 aliphatic carbocycles. The quantitative estimate of drug-likeness (QED) is 0.630. The predicted octanol–water partition coefficient (Wildman–Crippen LogP) is -0.109. The lowest BCUT2D eigenvalue weighted by molar-refractivity contribution is -0.124. The second kappa shape index (κ2) is 5.94. The Morgan fingerprint density at radius 3 is 3.15 bits per heavy atom. The summed E-state index contributed by atoms with van der Waals surface area (Å²) >= 11 is 0. The maximum Gasteiger partial charge on any atom is 0.245 e. The van der Waals surface area contributed by atoms with Gasteiger partial charge in [-0.1, -0.05) is 0 Å². The molecule has 0 spiro atoms. The van der Waals surface area contributed by atoms with Crippen molar-refractivity contribution in [2.24, 2.45) is 0 Å². The van der Waals surface area contributed by atoms with Gasteiger partial charge in [0.2, 0.25) is 5.91 Å². The lowest BCUT2D eigenvalue weighted by atomic mass is 10.1. The summed E-state index contributed by atoms with van der Waals surface area (Å²) in [6.07, 6.45) is 3.52. The third-order valence-corrected chi connectivity index (χ3v) is 2.25. The molecule has 13 heavy (non-hydrogen) atoms. The van der Waals surface area contributed by atoms with Crippen LogP contribution < -0.4 is 10.6 Å². The Hall–Kier alpha value is -0.610. The number of hydrogen-bond donors (Lipinski definition) is 2. The Kier molecular flexibility index (Phi) is 4.78. The van der Waals surface area contributed by atoms with Crippen LogP contribution in [-0.4, -0.2) is 38.8 Å². The number of ether oxygens (including phenoxy) is 1. The summed E-state index contributed by atoms with van der Waals surface area (Å²) in [4.78, 5) is 11.0. The van der Waals surface area contributed by atoms with E-state index in [1.165, 1.54) is 20.0 Å². The molecule has 4 heteroatoms. The molecule has 1 amide bonds. The summed E-state index contributed by atoms with van der Waals surface area (Å²) < 4.78 is 4.70. The van der Waals surface area contributed by atoms with Gasteiger partial charge in [-0.05, 0) is 25.8 Å². The van der Waals surface area contributed by atoms with Crippen molar-refractivity contribution in [3.05, 3.63) is 0 Å². The average Bonchev–Trinajstić information content (AvgIpc) is 2.57. The Labute approximate surface area is 79.0 Å². The minimum atomic E-state index is -0.0273. The fraction of sp³-hybridized carbons (Fsp3) is 0.889. The van der Waals surface area contributed by atoms with E-state index in [-0.39, 0.29) is 12.5 Å². The van der Waals surface area contributed by atoms with E-state index in [0.717, 1.165) is 19.5 Å². The van der Waals surface area contributed by atoms with Crippen LogP contribution in [0.5, 0.6) is 0 Å². The van der Waals surface area contributed by atoms with Gasteiger partial charge in [-0.15, -0.1) is 0 Å². The number of carbonyl (C=O) groups is 1. The third-order valence-electron chi connectivity index (χ3n) is 2.25. The van der Waals surface area contributed by atoms with Crippen LogP contribution in [0.15, 0.2) is 0 Å². The first kappa shape index (κ1) is 10.5. The largest absolute Gasteiger partial charge is 0.375 e. The minimum Gasteiger partial charge on any atom is -0.375 e. The zero-order valence-corrected chi connectivity index (χ0v) is 8.14. The van der Waals surface area contributed by atoms with E-state index in [1.807, 2.05) is 0 Å². The van der Waals surface area contributed by atoms with Gasteiger partial charge in [-0.25, -0.2) is 0 Å². The predicted molar refractivity (Wildman–Crippen MR) is 50.5 cm³/mol. The normalized spacial score (nSPS) is 21.8. The van der Waals surface area contributed by atoms with Crippen molar-refractivity contribution >= 4 is 5.91 Å². The van der Waals surface area contributed by atoms with Crippen molar-refractivity contribution < 1.29 is 9.53 Å². The van der Waals surface area contributed by atoms with Crippen LogP contribution in [0.25, 0.3) is 0 Å². The molecule has 0 bridgehead atoms. The fourth-order valence-corrected chi connectivity index (χ4v) is 1.57. The molecule has 4 nitrogen and oxygen atoms in total. The van der Waals surface area contributed by atoms with E-state index in [9.17, 15) is 4.79 Å². The highest BCUT2D eigenvalue weighted by Gasteiger charge is 2.13. The Balaban J connectivity index is 1.96. The topological polar surface area (TPSA) is 50.4 Å². The Bertz CT molecular complexity index is 156. The molecule has 1 atom stereocenters. The van der Waals surface area contributed by atoms with Gasteiger partial charge in [-0.3, -0.25) is 4.79 Å². The molecule has 1 rings (SSSR count). The average molecular weight is 186 g/mol. The fourth-order valence-electron chi connectivity index (χ4n) is 1.57. The summed E-state index contributed by atoms with van der Waals surface area (Å²) in [5.74, 6) is -0.0273. The Morgan fingerprint density at radius 1 is 1.69 bits per heavy atom. The molecule has 1 aliphatic heterocycles. The highest BCUT2D eigenvalue weighted by Crippen LogP contribution is 2.07. The highest BCUT2D eigenvalue weighted by molar-refractivity contribution is 5.77. The zero-order valence-electron chi connectivity index (χ0n) is 8.14. The number of hydrogen-bond acceptors (Lipinski definition) is 3. The molecule has 1 aliphatic rings. The first-order valence-corrected chi connectivity index (χ1v) is 4.82. The number of carbonyl (C=O) groups excluding carboxylic acids is 1. The van der Waals surface area contributed by atoms with Crippen LogP contribution in [0.4, 0.5) is 0 Å². The summed E-state index contributed by atoms with van der Waals surface area (Å²) in [6.45, 7) is 2.04. The molecule has 0 unspecified atom stereocenters.